The first kappa shape index (κ1) is 16.0. The summed E-state index contributed by atoms with van der Waals surface area (Å²) in [4.78, 5) is 0. The van der Waals surface area contributed by atoms with Gasteiger partial charge < -0.3 is 9.84 Å². The molecule has 21 heavy (non-hydrogen) atoms. The van der Waals surface area contributed by atoms with Crippen LogP contribution in [0.1, 0.15) is 11.1 Å². The van der Waals surface area contributed by atoms with Gasteiger partial charge in [-0.15, -0.1) is 11.3 Å². The van der Waals surface area contributed by atoms with Crippen molar-refractivity contribution in [3.8, 4) is 5.75 Å². The largest absolute Gasteiger partial charge is 0.492 e. The van der Waals surface area contributed by atoms with E-state index in [4.69, 9.17) is 9.84 Å². The van der Waals surface area contributed by atoms with Gasteiger partial charge in [0.25, 0.3) is 0 Å². The minimum absolute atomic E-state index is 0.164. The number of nitrogens with one attached hydrogen (secondary N) is 1. The molecule has 1 aromatic carbocycles. The maximum atomic E-state index is 12.0. The number of thiophene rings is 1. The minimum atomic E-state index is -3.53. The van der Waals surface area contributed by atoms with Crippen LogP contribution in [0.15, 0.2) is 39.9 Å². The van der Waals surface area contributed by atoms with E-state index in [0.29, 0.717) is 11.3 Å². The number of hydrogen-bond acceptors (Lipinski definition) is 5. The highest BCUT2D eigenvalue weighted by Gasteiger charge is 2.15. The summed E-state index contributed by atoms with van der Waals surface area (Å²) >= 11 is 1.09. The zero-order valence-corrected chi connectivity index (χ0v) is 13.2. The molecule has 0 spiro atoms. The molecule has 2 N–H and O–H groups in total. The standard InChI is InChI=1S/C14H17NO4S2/c1-11-3-2-4-13(7-11)19-6-5-15-21(17,18)14-8-12(9-16)10-20-14/h2-4,7-8,10,15-16H,5-6,9H2,1H3. The normalized spacial score (nSPS) is 11.5. The van der Waals surface area contributed by atoms with E-state index >= 15 is 0 Å². The summed E-state index contributed by atoms with van der Waals surface area (Å²) in [5.74, 6) is 0.716. The van der Waals surface area contributed by atoms with Crippen molar-refractivity contribution >= 4 is 21.4 Å². The number of hydrogen-bond donors (Lipinski definition) is 2. The second kappa shape index (κ2) is 7.04. The van der Waals surface area contributed by atoms with Gasteiger partial charge in [0.15, 0.2) is 0 Å². The predicted molar refractivity (Wildman–Crippen MR) is 82.1 cm³/mol. The van der Waals surface area contributed by atoms with Gasteiger partial charge in [-0.25, -0.2) is 13.1 Å². The van der Waals surface area contributed by atoms with Crippen molar-refractivity contribution in [3.63, 3.8) is 0 Å². The number of aliphatic hydroxyl groups excluding tert-OH is 1. The molecule has 0 aliphatic rings. The third kappa shape index (κ3) is 4.53. The zero-order chi connectivity index (χ0) is 15.3. The Morgan fingerprint density at radius 3 is 2.81 bits per heavy atom. The van der Waals surface area contributed by atoms with E-state index in [1.165, 1.54) is 6.07 Å². The molecule has 1 aromatic heterocycles. The van der Waals surface area contributed by atoms with Crippen LogP contribution in [-0.4, -0.2) is 26.7 Å². The van der Waals surface area contributed by atoms with E-state index < -0.39 is 10.0 Å². The summed E-state index contributed by atoms with van der Waals surface area (Å²) in [7, 11) is -3.53. The van der Waals surface area contributed by atoms with Crippen LogP contribution in [-0.2, 0) is 16.6 Å². The molecular formula is C14H17NO4S2. The summed E-state index contributed by atoms with van der Waals surface area (Å²) in [6.07, 6.45) is 0. The molecule has 0 aliphatic heterocycles. The third-order valence-corrected chi connectivity index (χ3v) is 5.68. The first-order chi connectivity index (χ1) is 10.0. The van der Waals surface area contributed by atoms with Crippen LogP contribution in [0.3, 0.4) is 0 Å². The van der Waals surface area contributed by atoms with Crippen molar-refractivity contribution in [2.75, 3.05) is 13.2 Å². The van der Waals surface area contributed by atoms with Gasteiger partial charge in [0.1, 0.15) is 16.6 Å². The van der Waals surface area contributed by atoms with Gasteiger partial charge in [0, 0.05) is 6.54 Å². The number of sulfonamides is 1. The van der Waals surface area contributed by atoms with E-state index in [1.54, 1.807) is 5.38 Å². The van der Waals surface area contributed by atoms with Crippen molar-refractivity contribution in [3.05, 3.63) is 46.8 Å². The molecule has 7 heteroatoms. The fourth-order valence-electron chi connectivity index (χ4n) is 1.70. The molecule has 0 saturated heterocycles. The SMILES string of the molecule is Cc1cccc(OCCNS(=O)(=O)c2cc(CO)cs2)c1. The Kier molecular flexibility index (Phi) is 5.35. The van der Waals surface area contributed by atoms with Gasteiger partial charge in [-0.2, -0.15) is 0 Å². The van der Waals surface area contributed by atoms with Crippen LogP contribution < -0.4 is 9.46 Å². The average molecular weight is 327 g/mol. The maximum absolute atomic E-state index is 12.0. The highest BCUT2D eigenvalue weighted by Crippen LogP contribution is 2.19. The lowest BCUT2D eigenvalue weighted by atomic mass is 10.2. The number of rotatable bonds is 7. The van der Waals surface area contributed by atoms with E-state index in [1.807, 2.05) is 31.2 Å². The first-order valence-corrected chi connectivity index (χ1v) is 8.75. The molecule has 0 saturated carbocycles. The molecule has 2 rings (SSSR count). The molecule has 0 unspecified atom stereocenters. The van der Waals surface area contributed by atoms with Crippen molar-refractivity contribution in [1.29, 1.82) is 0 Å². The topological polar surface area (TPSA) is 75.6 Å². The lowest BCUT2D eigenvalue weighted by Gasteiger charge is -2.08. The quantitative estimate of drug-likeness (QED) is 0.762. The number of benzene rings is 1. The smallest absolute Gasteiger partial charge is 0.250 e. The number of aliphatic hydroxyl groups is 1. The van der Waals surface area contributed by atoms with Crippen molar-refractivity contribution < 1.29 is 18.3 Å². The third-order valence-electron chi connectivity index (χ3n) is 2.73. The van der Waals surface area contributed by atoms with Crippen LogP contribution in [0, 0.1) is 6.92 Å². The van der Waals surface area contributed by atoms with E-state index in [9.17, 15) is 8.42 Å². The zero-order valence-electron chi connectivity index (χ0n) is 11.6. The number of ether oxygens (including phenoxy) is 1. The molecule has 0 aliphatic carbocycles. The minimum Gasteiger partial charge on any atom is -0.492 e. The van der Waals surface area contributed by atoms with Crippen LogP contribution in [0.2, 0.25) is 0 Å². The van der Waals surface area contributed by atoms with Gasteiger partial charge in [0.2, 0.25) is 10.0 Å². The molecule has 0 bridgehead atoms. The molecule has 0 amide bonds. The Balaban J connectivity index is 1.85. The predicted octanol–water partition coefficient (Wildman–Crippen LogP) is 1.91. The van der Waals surface area contributed by atoms with Crippen LogP contribution in [0.25, 0.3) is 0 Å². The lowest BCUT2D eigenvalue weighted by molar-refractivity contribution is 0.282. The summed E-state index contributed by atoms with van der Waals surface area (Å²) in [5, 5.41) is 10.6. The van der Waals surface area contributed by atoms with Gasteiger partial charge in [-0.05, 0) is 41.6 Å². The summed E-state index contributed by atoms with van der Waals surface area (Å²) < 4.78 is 32.1. The summed E-state index contributed by atoms with van der Waals surface area (Å²) in [5.41, 5.74) is 1.68. The van der Waals surface area contributed by atoms with Crippen LogP contribution in [0.4, 0.5) is 0 Å². The molecule has 0 atom stereocenters. The Labute approximate surface area is 128 Å². The van der Waals surface area contributed by atoms with Crippen molar-refractivity contribution in [2.24, 2.45) is 0 Å². The van der Waals surface area contributed by atoms with Gasteiger partial charge in [0.05, 0.1) is 6.61 Å². The van der Waals surface area contributed by atoms with Crippen molar-refractivity contribution in [2.45, 2.75) is 17.7 Å². The Morgan fingerprint density at radius 1 is 1.33 bits per heavy atom. The summed E-state index contributed by atoms with van der Waals surface area (Å²) in [6.45, 7) is 2.23. The van der Waals surface area contributed by atoms with E-state index in [0.717, 1.165) is 16.9 Å². The maximum Gasteiger partial charge on any atom is 0.250 e. The lowest BCUT2D eigenvalue weighted by Crippen LogP contribution is -2.27. The second-order valence-electron chi connectivity index (χ2n) is 4.49. The van der Waals surface area contributed by atoms with Crippen molar-refractivity contribution in [1.82, 2.24) is 4.72 Å². The van der Waals surface area contributed by atoms with E-state index in [-0.39, 0.29) is 24.0 Å². The molecule has 0 fully saturated rings. The molecule has 5 nitrogen and oxygen atoms in total. The molecule has 1 heterocycles. The Bertz CT molecular complexity index is 695. The highest BCUT2D eigenvalue weighted by molar-refractivity contribution is 7.91. The van der Waals surface area contributed by atoms with E-state index in [2.05, 4.69) is 4.72 Å². The fraction of sp³-hybridized carbons (Fsp3) is 0.286. The fourth-order valence-corrected chi connectivity index (χ4v) is 3.96. The monoisotopic (exact) mass is 327 g/mol. The Morgan fingerprint density at radius 2 is 2.14 bits per heavy atom. The van der Waals surface area contributed by atoms with Gasteiger partial charge >= 0.3 is 0 Å². The molecule has 0 radical (unpaired) electrons. The Hall–Kier alpha value is -1.41. The summed E-state index contributed by atoms with van der Waals surface area (Å²) in [6, 6.07) is 9.03. The first-order valence-electron chi connectivity index (χ1n) is 6.38. The van der Waals surface area contributed by atoms with Crippen LogP contribution >= 0.6 is 11.3 Å². The molecule has 2 aromatic rings. The number of aryl methyl sites for hydroxylation is 1. The van der Waals surface area contributed by atoms with Gasteiger partial charge in [-0.3, -0.25) is 0 Å². The van der Waals surface area contributed by atoms with Crippen LogP contribution in [0.5, 0.6) is 5.75 Å². The molecule has 114 valence electrons. The second-order valence-corrected chi connectivity index (χ2v) is 7.40. The average Bonchev–Trinajstić information content (AvgIpc) is 2.93. The van der Waals surface area contributed by atoms with Gasteiger partial charge in [-0.1, -0.05) is 12.1 Å². The highest BCUT2D eigenvalue weighted by atomic mass is 32.2. The molecular weight excluding hydrogens is 310 g/mol.